The summed E-state index contributed by atoms with van der Waals surface area (Å²) in [4.78, 5) is 4.71. The molecule has 118 valence electrons. The van der Waals surface area contributed by atoms with Crippen molar-refractivity contribution < 1.29 is 9.84 Å². The molecule has 1 atom stereocenters. The zero-order chi connectivity index (χ0) is 15.3. The van der Waals surface area contributed by atoms with Crippen molar-refractivity contribution in [2.45, 2.75) is 32.5 Å². The van der Waals surface area contributed by atoms with Gasteiger partial charge in [0.15, 0.2) is 0 Å². The van der Waals surface area contributed by atoms with E-state index < -0.39 is 6.10 Å². The molecule has 1 N–H and O–H groups in total. The SMILES string of the molecule is CC(C)(C)OC[C@@H](O)CN1CCN(c2ccccc2)CC1. The zero-order valence-corrected chi connectivity index (χ0v) is 13.5. The first-order valence-electron chi connectivity index (χ1n) is 7.78. The van der Waals surface area contributed by atoms with Crippen LogP contribution in [0.15, 0.2) is 30.3 Å². The molecule has 4 nitrogen and oxygen atoms in total. The smallest absolute Gasteiger partial charge is 0.0900 e. The lowest BCUT2D eigenvalue weighted by molar-refractivity contribution is -0.0563. The Labute approximate surface area is 128 Å². The quantitative estimate of drug-likeness (QED) is 0.900. The fraction of sp³-hybridized carbons (Fsp3) is 0.647. The maximum atomic E-state index is 10.1. The Balaban J connectivity index is 1.72. The van der Waals surface area contributed by atoms with Crippen molar-refractivity contribution in [2.75, 3.05) is 44.2 Å². The number of aliphatic hydroxyl groups excluding tert-OH is 1. The van der Waals surface area contributed by atoms with Crippen LogP contribution in [0, 0.1) is 0 Å². The van der Waals surface area contributed by atoms with Gasteiger partial charge in [0.2, 0.25) is 0 Å². The van der Waals surface area contributed by atoms with Crippen LogP contribution in [0.25, 0.3) is 0 Å². The number of rotatable bonds is 5. The molecule has 1 aromatic rings. The predicted molar refractivity (Wildman–Crippen MR) is 86.8 cm³/mol. The number of benzene rings is 1. The van der Waals surface area contributed by atoms with Gasteiger partial charge in [0, 0.05) is 38.4 Å². The third-order valence-corrected chi connectivity index (χ3v) is 3.67. The van der Waals surface area contributed by atoms with Crippen LogP contribution >= 0.6 is 0 Å². The molecule has 0 unspecified atom stereocenters. The van der Waals surface area contributed by atoms with E-state index in [1.165, 1.54) is 5.69 Å². The summed E-state index contributed by atoms with van der Waals surface area (Å²) in [6.07, 6.45) is -0.410. The number of nitrogens with zero attached hydrogens (tertiary/aromatic N) is 2. The third kappa shape index (κ3) is 5.65. The van der Waals surface area contributed by atoms with Gasteiger partial charge in [-0.3, -0.25) is 4.90 Å². The van der Waals surface area contributed by atoms with E-state index >= 15 is 0 Å². The van der Waals surface area contributed by atoms with Crippen LogP contribution in [0.1, 0.15) is 20.8 Å². The minimum atomic E-state index is -0.410. The van der Waals surface area contributed by atoms with Crippen LogP contribution in [0.3, 0.4) is 0 Å². The molecule has 0 radical (unpaired) electrons. The number of hydrogen-bond acceptors (Lipinski definition) is 4. The highest BCUT2D eigenvalue weighted by Crippen LogP contribution is 2.15. The molecule has 4 heteroatoms. The van der Waals surface area contributed by atoms with Crippen LogP contribution in [-0.2, 0) is 4.74 Å². The molecule has 0 aliphatic carbocycles. The maximum Gasteiger partial charge on any atom is 0.0900 e. The molecule has 1 aliphatic rings. The molecule has 1 heterocycles. The van der Waals surface area contributed by atoms with E-state index in [-0.39, 0.29) is 5.60 Å². The van der Waals surface area contributed by atoms with Crippen LogP contribution in [0.2, 0.25) is 0 Å². The number of anilines is 1. The third-order valence-electron chi connectivity index (χ3n) is 3.67. The Bertz CT molecular complexity index is 409. The van der Waals surface area contributed by atoms with Gasteiger partial charge in [0.1, 0.15) is 0 Å². The van der Waals surface area contributed by atoms with Crippen molar-refractivity contribution in [1.82, 2.24) is 4.90 Å². The molecule has 1 aliphatic heterocycles. The molecule has 1 aromatic carbocycles. The van der Waals surface area contributed by atoms with Crippen LogP contribution in [-0.4, -0.2) is 61.0 Å². The van der Waals surface area contributed by atoms with Crippen LogP contribution in [0.5, 0.6) is 0 Å². The molecule has 0 amide bonds. The van der Waals surface area contributed by atoms with Crippen molar-refractivity contribution >= 4 is 5.69 Å². The average molecular weight is 292 g/mol. The second-order valence-corrected chi connectivity index (χ2v) is 6.70. The summed E-state index contributed by atoms with van der Waals surface area (Å²) in [5, 5.41) is 10.1. The monoisotopic (exact) mass is 292 g/mol. The van der Waals surface area contributed by atoms with Gasteiger partial charge >= 0.3 is 0 Å². The zero-order valence-electron chi connectivity index (χ0n) is 13.5. The van der Waals surface area contributed by atoms with E-state index in [4.69, 9.17) is 4.74 Å². The van der Waals surface area contributed by atoms with Gasteiger partial charge < -0.3 is 14.7 Å². The van der Waals surface area contributed by atoms with Crippen molar-refractivity contribution in [2.24, 2.45) is 0 Å². The molecule has 2 rings (SSSR count). The summed E-state index contributed by atoms with van der Waals surface area (Å²) in [6, 6.07) is 10.5. The Morgan fingerprint density at radius 2 is 1.71 bits per heavy atom. The Kier molecular flexibility index (Phi) is 5.62. The van der Waals surface area contributed by atoms with E-state index in [1.807, 2.05) is 26.8 Å². The van der Waals surface area contributed by atoms with Gasteiger partial charge in [-0.25, -0.2) is 0 Å². The van der Waals surface area contributed by atoms with Crippen LogP contribution in [0.4, 0.5) is 5.69 Å². The molecule has 0 aromatic heterocycles. The van der Waals surface area contributed by atoms with Gasteiger partial charge in [-0.05, 0) is 32.9 Å². The highest BCUT2D eigenvalue weighted by molar-refractivity contribution is 5.46. The highest BCUT2D eigenvalue weighted by atomic mass is 16.5. The van der Waals surface area contributed by atoms with E-state index in [1.54, 1.807) is 0 Å². The first kappa shape index (κ1) is 16.3. The minimum Gasteiger partial charge on any atom is -0.389 e. The number of piperazine rings is 1. The normalized spacial score (nSPS) is 18.8. The largest absolute Gasteiger partial charge is 0.389 e. The second-order valence-electron chi connectivity index (χ2n) is 6.70. The lowest BCUT2D eigenvalue weighted by Gasteiger charge is -2.37. The number of hydrogen-bond donors (Lipinski definition) is 1. The topological polar surface area (TPSA) is 35.9 Å². The molecule has 1 fully saturated rings. The summed E-state index contributed by atoms with van der Waals surface area (Å²) in [7, 11) is 0. The lowest BCUT2D eigenvalue weighted by atomic mass is 10.2. The molecular formula is C17H28N2O2. The van der Waals surface area contributed by atoms with Gasteiger partial charge in [-0.2, -0.15) is 0 Å². The van der Waals surface area contributed by atoms with Crippen molar-refractivity contribution in [3.63, 3.8) is 0 Å². The Hall–Kier alpha value is -1.10. The molecular weight excluding hydrogens is 264 g/mol. The molecule has 0 bridgehead atoms. The van der Waals surface area contributed by atoms with E-state index in [9.17, 15) is 5.11 Å². The van der Waals surface area contributed by atoms with Gasteiger partial charge in [0.25, 0.3) is 0 Å². The summed E-state index contributed by atoms with van der Waals surface area (Å²) >= 11 is 0. The summed E-state index contributed by atoms with van der Waals surface area (Å²) < 4.78 is 5.64. The highest BCUT2D eigenvalue weighted by Gasteiger charge is 2.20. The minimum absolute atomic E-state index is 0.188. The number of aliphatic hydroxyl groups is 1. The van der Waals surface area contributed by atoms with Crippen molar-refractivity contribution in [1.29, 1.82) is 0 Å². The van der Waals surface area contributed by atoms with E-state index in [0.29, 0.717) is 13.2 Å². The summed E-state index contributed by atoms with van der Waals surface area (Å²) in [5.41, 5.74) is 1.10. The van der Waals surface area contributed by atoms with Crippen LogP contribution < -0.4 is 4.90 Å². The van der Waals surface area contributed by atoms with E-state index in [2.05, 4.69) is 34.1 Å². The fourth-order valence-corrected chi connectivity index (χ4v) is 2.52. The number of ether oxygens (including phenoxy) is 1. The molecule has 0 spiro atoms. The fourth-order valence-electron chi connectivity index (χ4n) is 2.52. The molecule has 0 saturated carbocycles. The average Bonchev–Trinajstić information content (AvgIpc) is 2.46. The number of β-amino-alcohol motifs (C(OH)–C–C–N with tert-alkyl or cyclic N) is 1. The standard InChI is InChI=1S/C17H28N2O2/c1-17(2,3)21-14-16(20)13-18-9-11-19(12-10-18)15-7-5-4-6-8-15/h4-8,16,20H,9-14H2,1-3H3/t16-/m0/s1. The van der Waals surface area contributed by atoms with Gasteiger partial charge in [-0.1, -0.05) is 18.2 Å². The molecule has 21 heavy (non-hydrogen) atoms. The first-order chi connectivity index (χ1) is 9.94. The number of para-hydroxylation sites is 1. The summed E-state index contributed by atoms with van der Waals surface area (Å²) in [5.74, 6) is 0. The lowest BCUT2D eigenvalue weighted by Crippen LogP contribution is -2.49. The Morgan fingerprint density at radius 1 is 1.10 bits per heavy atom. The Morgan fingerprint density at radius 3 is 2.29 bits per heavy atom. The van der Waals surface area contributed by atoms with Gasteiger partial charge in [0.05, 0.1) is 18.3 Å². The predicted octanol–water partition coefficient (Wildman–Crippen LogP) is 1.98. The van der Waals surface area contributed by atoms with Gasteiger partial charge in [-0.15, -0.1) is 0 Å². The first-order valence-corrected chi connectivity index (χ1v) is 7.78. The summed E-state index contributed by atoms with van der Waals surface area (Å²) in [6.45, 7) is 11.1. The van der Waals surface area contributed by atoms with Crippen molar-refractivity contribution in [3.05, 3.63) is 30.3 Å². The maximum absolute atomic E-state index is 10.1. The second kappa shape index (κ2) is 7.25. The van der Waals surface area contributed by atoms with E-state index in [0.717, 1.165) is 26.2 Å². The molecule has 1 saturated heterocycles. The van der Waals surface area contributed by atoms with Crippen molar-refractivity contribution in [3.8, 4) is 0 Å².